The predicted molar refractivity (Wildman–Crippen MR) is 77.3 cm³/mol. The smallest absolute Gasteiger partial charge is 0.253 e. The maximum atomic E-state index is 11.4. The van der Waals surface area contributed by atoms with Gasteiger partial charge >= 0.3 is 0 Å². The zero-order chi connectivity index (χ0) is 13.3. The Morgan fingerprint density at radius 3 is 2.28 bits per heavy atom. The van der Waals surface area contributed by atoms with E-state index in [1.165, 1.54) is 5.56 Å². The second-order valence-corrected chi connectivity index (χ2v) is 6.17. The van der Waals surface area contributed by atoms with Crippen molar-refractivity contribution in [3.8, 4) is 0 Å². The third-order valence-electron chi connectivity index (χ3n) is 2.94. The number of halogens is 1. The van der Waals surface area contributed by atoms with Gasteiger partial charge in [-0.25, -0.2) is 0 Å². The second-order valence-electron chi connectivity index (χ2n) is 5.83. The summed E-state index contributed by atoms with van der Waals surface area (Å²) in [5.41, 5.74) is 2.07. The van der Waals surface area contributed by atoms with Gasteiger partial charge in [-0.15, -0.1) is 0 Å². The summed E-state index contributed by atoms with van der Waals surface area (Å²) in [6.07, 6.45) is 0.976. The lowest BCUT2D eigenvalue weighted by atomic mass is 9.86. The third-order valence-corrected chi connectivity index (χ3v) is 3.15. The Morgan fingerprint density at radius 1 is 1.06 bits per heavy atom. The highest BCUT2D eigenvalue weighted by Crippen LogP contribution is 2.28. The van der Waals surface area contributed by atoms with Crippen LogP contribution < -0.4 is 0 Å². The van der Waals surface area contributed by atoms with Gasteiger partial charge in [0.2, 0.25) is 0 Å². The van der Waals surface area contributed by atoms with Crippen molar-refractivity contribution < 1.29 is 4.79 Å². The summed E-state index contributed by atoms with van der Waals surface area (Å²) in [5, 5.41) is 1.67. The minimum absolute atomic E-state index is 0.218. The quantitative estimate of drug-likeness (QED) is 0.709. The number of fused-ring (bicyclic) bond motifs is 1. The topological polar surface area (TPSA) is 17.1 Å². The molecule has 1 nitrogen and oxygen atoms in total. The standard InChI is InChI=1S/C16H17ClO/c1-16(2,3)10-11-6-4-8-13-12(11)7-5-9-14(13)15(17)18/h4-9H,10H2,1-3H3. The summed E-state index contributed by atoms with van der Waals surface area (Å²) >= 11 is 5.63. The van der Waals surface area contributed by atoms with Crippen LogP contribution in [-0.4, -0.2) is 5.24 Å². The minimum Gasteiger partial charge on any atom is -0.276 e. The van der Waals surface area contributed by atoms with Gasteiger partial charge in [0.1, 0.15) is 0 Å². The van der Waals surface area contributed by atoms with Crippen molar-refractivity contribution >= 4 is 27.6 Å². The molecule has 2 aromatic carbocycles. The van der Waals surface area contributed by atoms with Gasteiger partial charge in [-0.05, 0) is 45.8 Å². The van der Waals surface area contributed by atoms with Crippen molar-refractivity contribution in [3.05, 3.63) is 47.5 Å². The second kappa shape index (κ2) is 4.74. The van der Waals surface area contributed by atoms with Crippen LogP contribution in [0, 0.1) is 5.41 Å². The number of rotatable bonds is 2. The van der Waals surface area contributed by atoms with Crippen LogP contribution in [0.4, 0.5) is 0 Å². The Labute approximate surface area is 113 Å². The van der Waals surface area contributed by atoms with E-state index in [0.717, 1.165) is 17.2 Å². The molecule has 0 saturated carbocycles. The highest BCUT2D eigenvalue weighted by atomic mass is 35.5. The molecule has 0 unspecified atom stereocenters. The Bertz CT molecular complexity index is 594. The lowest BCUT2D eigenvalue weighted by molar-refractivity contribution is 0.108. The van der Waals surface area contributed by atoms with Crippen molar-refractivity contribution in [2.24, 2.45) is 5.41 Å². The number of carbonyl (C=O) groups is 1. The highest BCUT2D eigenvalue weighted by molar-refractivity contribution is 6.68. The average molecular weight is 261 g/mol. The molecule has 94 valence electrons. The zero-order valence-electron chi connectivity index (χ0n) is 11.0. The zero-order valence-corrected chi connectivity index (χ0v) is 11.7. The molecule has 2 aromatic rings. The highest BCUT2D eigenvalue weighted by Gasteiger charge is 2.15. The van der Waals surface area contributed by atoms with E-state index in [1.54, 1.807) is 6.07 Å². The number of carbonyl (C=O) groups excluding carboxylic acids is 1. The van der Waals surface area contributed by atoms with Gasteiger partial charge in [0.05, 0.1) is 0 Å². The van der Waals surface area contributed by atoms with Crippen LogP contribution in [0.15, 0.2) is 36.4 Å². The van der Waals surface area contributed by atoms with E-state index in [1.807, 2.05) is 18.2 Å². The largest absolute Gasteiger partial charge is 0.276 e. The Hall–Kier alpha value is -1.34. The summed E-state index contributed by atoms with van der Waals surface area (Å²) in [6.45, 7) is 6.63. The first-order chi connectivity index (χ1) is 8.38. The molecule has 0 bridgehead atoms. The molecule has 0 atom stereocenters. The number of hydrogen-bond acceptors (Lipinski definition) is 1. The summed E-state index contributed by atoms with van der Waals surface area (Å²) in [7, 11) is 0. The average Bonchev–Trinajstić information content (AvgIpc) is 2.26. The van der Waals surface area contributed by atoms with E-state index in [2.05, 4.69) is 32.9 Å². The van der Waals surface area contributed by atoms with E-state index < -0.39 is 5.24 Å². The van der Waals surface area contributed by atoms with Crippen LogP contribution in [0.5, 0.6) is 0 Å². The lowest BCUT2D eigenvalue weighted by Crippen LogP contribution is -2.09. The van der Waals surface area contributed by atoms with E-state index >= 15 is 0 Å². The SMILES string of the molecule is CC(C)(C)Cc1cccc2c(C(=O)Cl)cccc12. The van der Waals surface area contributed by atoms with E-state index in [-0.39, 0.29) is 5.41 Å². The molecule has 0 amide bonds. The fourth-order valence-corrected chi connectivity index (χ4v) is 2.44. The van der Waals surface area contributed by atoms with Crippen LogP contribution in [-0.2, 0) is 6.42 Å². The van der Waals surface area contributed by atoms with Gasteiger partial charge in [0.15, 0.2) is 0 Å². The Kier molecular flexibility index (Phi) is 3.45. The molecule has 0 saturated heterocycles. The van der Waals surface area contributed by atoms with Crippen molar-refractivity contribution in [1.29, 1.82) is 0 Å². The molecule has 2 heteroatoms. The van der Waals surface area contributed by atoms with Crippen molar-refractivity contribution in [3.63, 3.8) is 0 Å². The van der Waals surface area contributed by atoms with Gasteiger partial charge in [-0.1, -0.05) is 51.1 Å². The van der Waals surface area contributed by atoms with Crippen LogP contribution in [0.1, 0.15) is 36.7 Å². The molecule has 0 fully saturated rings. The van der Waals surface area contributed by atoms with E-state index in [0.29, 0.717) is 5.56 Å². The number of benzene rings is 2. The number of hydrogen-bond donors (Lipinski definition) is 0. The van der Waals surface area contributed by atoms with Gasteiger partial charge in [0.25, 0.3) is 5.24 Å². The fraction of sp³-hybridized carbons (Fsp3) is 0.312. The van der Waals surface area contributed by atoms with Crippen LogP contribution in [0.25, 0.3) is 10.8 Å². The Balaban J connectivity index is 2.64. The molecule has 0 heterocycles. The first-order valence-electron chi connectivity index (χ1n) is 6.09. The van der Waals surface area contributed by atoms with Gasteiger partial charge in [-0.3, -0.25) is 4.79 Å². The summed E-state index contributed by atoms with van der Waals surface area (Å²) in [6, 6.07) is 11.8. The summed E-state index contributed by atoms with van der Waals surface area (Å²) in [4.78, 5) is 11.4. The predicted octanol–water partition coefficient (Wildman–Crippen LogP) is 4.81. The maximum absolute atomic E-state index is 11.4. The molecule has 0 aromatic heterocycles. The monoisotopic (exact) mass is 260 g/mol. The molecular weight excluding hydrogens is 244 g/mol. The van der Waals surface area contributed by atoms with Gasteiger partial charge in [0, 0.05) is 5.56 Å². The molecule has 0 aliphatic heterocycles. The molecule has 0 aliphatic carbocycles. The van der Waals surface area contributed by atoms with E-state index in [9.17, 15) is 4.79 Å². The molecule has 0 radical (unpaired) electrons. The van der Waals surface area contributed by atoms with Crippen molar-refractivity contribution in [1.82, 2.24) is 0 Å². The minimum atomic E-state index is -0.395. The summed E-state index contributed by atoms with van der Waals surface area (Å²) in [5.74, 6) is 0. The molecule has 0 N–H and O–H groups in total. The van der Waals surface area contributed by atoms with Crippen LogP contribution in [0.3, 0.4) is 0 Å². The summed E-state index contributed by atoms with van der Waals surface area (Å²) < 4.78 is 0. The molecule has 0 spiro atoms. The first kappa shape index (κ1) is 13.1. The normalized spacial score (nSPS) is 11.8. The third kappa shape index (κ3) is 2.73. The molecule has 0 aliphatic rings. The fourth-order valence-electron chi connectivity index (χ4n) is 2.27. The Morgan fingerprint density at radius 2 is 1.67 bits per heavy atom. The first-order valence-corrected chi connectivity index (χ1v) is 6.47. The molecular formula is C16H17ClO. The van der Waals surface area contributed by atoms with Crippen molar-refractivity contribution in [2.45, 2.75) is 27.2 Å². The van der Waals surface area contributed by atoms with Crippen molar-refractivity contribution in [2.75, 3.05) is 0 Å². The molecule has 2 rings (SSSR count). The van der Waals surface area contributed by atoms with Crippen LogP contribution >= 0.6 is 11.6 Å². The van der Waals surface area contributed by atoms with Crippen LogP contribution in [0.2, 0.25) is 0 Å². The lowest BCUT2D eigenvalue weighted by Gasteiger charge is -2.19. The molecule has 18 heavy (non-hydrogen) atoms. The van der Waals surface area contributed by atoms with E-state index in [4.69, 9.17) is 11.6 Å². The van der Waals surface area contributed by atoms with Gasteiger partial charge in [-0.2, -0.15) is 0 Å². The maximum Gasteiger partial charge on any atom is 0.253 e. The van der Waals surface area contributed by atoms with Gasteiger partial charge < -0.3 is 0 Å².